The van der Waals surface area contributed by atoms with Crippen LogP contribution >= 0.6 is 0 Å². The van der Waals surface area contributed by atoms with E-state index in [1.807, 2.05) is 20.0 Å². The van der Waals surface area contributed by atoms with Crippen molar-refractivity contribution in [3.8, 4) is 0 Å². The number of hydrogen-bond acceptors (Lipinski definition) is 4. The summed E-state index contributed by atoms with van der Waals surface area (Å²) in [6.07, 6.45) is 4.17. The Morgan fingerprint density at radius 1 is 1.33 bits per heavy atom. The summed E-state index contributed by atoms with van der Waals surface area (Å²) in [7, 11) is 1.88. The molecule has 4 heteroatoms. The number of nitrogens with zero attached hydrogens (tertiary/aromatic N) is 2. The predicted octanol–water partition coefficient (Wildman–Crippen LogP) is 3.56. The van der Waals surface area contributed by atoms with Crippen LogP contribution in [0.15, 0.2) is 6.07 Å². The summed E-state index contributed by atoms with van der Waals surface area (Å²) < 4.78 is 6.26. The molecule has 4 nitrogen and oxygen atoms in total. The molecule has 0 aromatic carbocycles. The third kappa shape index (κ3) is 2.24. The smallest absolute Gasteiger partial charge is 0.156 e. The van der Waals surface area contributed by atoms with E-state index in [4.69, 9.17) is 4.74 Å². The third-order valence-corrected chi connectivity index (χ3v) is 6.28. The van der Waals surface area contributed by atoms with Crippen molar-refractivity contribution in [3.05, 3.63) is 17.6 Å². The molecule has 2 aliphatic carbocycles. The number of rotatable bonds is 4. The van der Waals surface area contributed by atoms with Crippen LogP contribution < -0.4 is 5.32 Å². The van der Waals surface area contributed by atoms with Crippen molar-refractivity contribution in [3.63, 3.8) is 0 Å². The first-order valence-corrected chi connectivity index (χ1v) is 8.01. The molecule has 1 aromatic rings. The molecule has 3 atom stereocenters. The number of nitrogens with one attached hydrogen (secondary N) is 1. The van der Waals surface area contributed by atoms with Crippen molar-refractivity contribution in [1.82, 2.24) is 9.97 Å². The van der Waals surface area contributed by atoms with Gasteiger partial charge in [0.05, 0.1) is 6.10 Å². The highest BCUT2D eigenvalue weighted by Gasteiger charge is 2.61. The fraction of sp³-hybridized carbons (Fsp3) is 0.765. The number of aryl methyl sites for hydroxylation is 1. The molecule has 2 aliphatic rings. The SMILES string of the molecule is CNc1cc(C)nc(COC2CC3CCC2(C)C3(C)C)n1. The van der Waals surface area contributed by atoms with Crippen LogP contribution in [0.1, 0.15) is 51.6 Å². The number of aromatic nitrogens is 2. The summed E-state index contributed by atoms with van der Waals surface area (Å²) in [5, 5.41) is 3.08. The summed E-state index contributed by atoms with van der Waals surface area (Å²) in [4.78, 5) is 8.97. The van der Waals surface area contributed by atoms with Crippen LogP contribution in [0.3, 0.4) is 0 Å². The van der Waals surface area contributed by atoms with Crippen molar-refractivity contribution >= 4 is 5.82 Å². The lowest BCUT2D eigenvalue weighted by atomic mass is 9.70. The lowest BCUT2D eigenvalue weighted by Crippen LogP contribution is -2.37. The molecule has 2 saturated carbocycles. The summed E-state index contributed by atoms with van der Waals surface area (Å²) in [5.41, 5.74) is 1.67. The quantitative estimate of drug-likeness (QED) is 0.920. The lowest BCUT2D eigenvalue weighted by Gasteiger charge is -2.38. The second-order valence-electron chi connectivity index (χ2n) is 7.47. The van der Waals surface area contributed by atoms with E-state index in [0.717, 1.165) is 23.3 Å². The van der Waals surface area contributed by atoms with Gasteiger partial charge in [-0.15, -0.1) is 0 Å². The monoisotopic (exact) mass is 289 g/mol. The molecule has 0 saturated heterocycles. The predicted molar refractivity (Wildman–Crippen MR) is 84.1 cm³/mol. The van der Waals surface area contributed by atoms with Gasteiger partial charge in [0.2, 0.25) is 0 Å². The summed E-state index contributed by atoms with van der Waals surface area (Å²) >= 11 is 0. The van der Waals surface area contributed by atoms with E-state index in [1.165, 1.54) is 19.3 Å². The molecule has 0 radical (unpaired) electrons. The number of anilines is 1. The molecule has 0 spiro atoms. The van der Waals surface area contributed by atoms with Gasteiger partial charge in [0.25, 0.3) is 0 Å². The summed E-state index contributed by atoms with van der Waals surface area (Å²) in [6.45, 7) is 9.74. The van der Waals surface area contributed by atoms with Gasteiger partial charge in [-0.05, 0) is 42.9 Å². The minimum Gasteiger partial charge on any atom is -0.373 e. The standard InChI is InChI=1S/C17H27N3O/c1-11-8-14(18-5)20-15(19-11)10-21-13-9-12-6-7-17(13,4)16(12,2)3/h8,12-13H,6-7,9-10H2,1-5H3,(H,18,19,20). The molecular formula is C17H27N3O. The Labute approximate surface area is 127 Å². The molecule has 0 aliphatic heterocycles. The zero-order valence-corrected chi connectivity index (χ0v) is 13.9. The number of fused-ring (bicyclic) bond motifs is 2. The van der Waals surface area contributed by atoms with Crippen LogP contribution in [0.5, 0.6) is 0 Å². The van der Waals surface area contributed by atoms with E-state index < -0.39 is 0 Å². The Kier molecular flexibility index (Phi) is 3.47. The molecule has 1 N–H and O–H groups in total. The Morgan fingerprint density at radius 2 is 2.10 bits per heavy atom. The zero-order valence-electron chi connectivity index (χ0n) is 13.9. The van der Waals surface area contributed by atoms with Crippen molar-refractivity contribution in [1.29, 1.82) is 0 Å². The molecule has 3 unspecified atom stereocenters. The molecule has 2 fully saturated rings. The van der Waals surface area contributed by atoms with Crippen LogP contribution in [-0.2, 0) is 11.3 Å². The van der Waals surface area contributed by atoms with Gasteiger partial charge < -0.3 is 10.1 Å². The third-order valence-electron chi connectivity index (χ3n) is 6.28. The van der Waals surface area contributed by atoms with Gasteiger partial charge in [-0.2, -0.15) is 0 Å². The van der Waals surface area contributed by atoms with E-state index in [0.29, 0.717) is 23.5 Å². The van der Waals surface area contributed by atoms with E-state index in [-0.39, 0.29) is 0 Å². The Hall–Kier alpha value is -1.16. The van der Waals surface area contributed by atoms with Crippen LogP contribution in [0, 0.1) is 23.7 Å². The first-order valence-electron chi connectivity index (χ1n) is 8.01. The molecule has 21 heavy (non-hydrogen) atoms. The number of ether oxygens (including phenoxy) is 1. The highest BCUT2D eigenvalue weighted by atomic mass is 16.5. The minimum atomic E-state index is 0.299. The maximum Gasteiger partial charge on any atom is 0.156 e. The van der Waals surface area contributed by atoms with Crippen molar-refractivity contribution in [2.45, 2.75) is 59.7 Å². The van der Waals surface area contributed by atoms with Gasteiger partial charge >= 0.3 is 0 Å². The second kappa shape index (κ2) is 4.94. The Morgan fingerprint density at radius 3 is 2.67 bits per heavy atom. The fourth-order valence-electron chi connectivity index (χ4n) is 4.38. The van der Waals surface area contributed by atoms with E-state index in [9.17, 15) is 0 Å². The van der Waals surface area contributed by atoms with Crippen LogP contribution in [0.4, 0.5) is 5.82 Å². The van der Waals surface area contributed by atoms with Gasteiger partial charge in [0, 0.05) is 18.8 Å². The Balaban J connectivity index is 1.71. The van der Waals surface area contributed by atoms with Crippen LogP contribution in [0.25, 0.3) is 0 Å². The minimum absolute atomic E-state index is 0.299. The van der Waals surface area contributed by atoms with Gasteiger partial charge in [-0.3, -0.25) is 0 Å². The van der Waals surface area contributed by atoms with Crippen LogP contribution in [0.2, 0.25) is 0 Å². The first kappa shape index (κ1) is 14.8. The van der Waals surface area contributed by atoms with Crippen LogP contribution in [-0.4, -0.2) is 23.1 Å². The molecule has 116 valence electrons. The molecule has 0 amide bonds. The molecule has 2 bridgehead atoms. The molecular weight excluding hydrogens is 262 g/mol. The zero-order chi connectivity index (χ0) is 15.3. The molecule has 1 aromatic heterocycles. The maximum absolute atomic E-state index is 6.26. The molecule has 1 heterocycles. The van der Waals surface area contributed by atoms with Gasteiger partial charge in [0.1, 0.15) is 12.4 Å². The lowest BCUT2D eigenvalue weighted by molar-refractivity contribution is -0.0570. The topological polar surface area (TPSA) is 47.0 Å². The van der Waals surface area contributed by atoms with E-state index in [1.54, 1.807) is 0 Å². The summed E-state index contributed by atoms with van der Waals surface area (Å²) in [5.74, 6) is 2.45. The largest absolute Gasteiger partial charge is 0.373 e. The average Bonchev–Trinajstić information content (AvgIpc) is 2.77. The van der Waals surface area contributed by atoms with Gasteiger partial charge in [-0.25, -0.2) is 9.97 Å². The van der Waals surface area contributed by atoms with Crippen molar-refractivity contribution < 1.29 is 4.74 Å². The number of hydrogen-bond donors (Lipinski definition) is 1. The summed E-state index contributed by atoms with van der Waals surface area (Å²) in [6, 6.07) is 1.95. The fourth-order valence-corrected chi connectivity index (χ4v) is 4.38. The highest BCUT2D eigenvalue weighted by Crippen LogP contribution is 2.66. The maximum atomic E-state index is 6.26. The normalized spacial score (nSPS) is 33.4. The second-order valence-corrected chi connectivity index (χ2v) is 7.47. The highest BCUT2D eigenvalue weighted by molar-refractivity contribution is 5.34. The van der Waals surface area contributed by atoms with Crippen molar-refractivity contribution in [2.24, 2.45) is 16.7 Å². The van der Waals surface area contributed by atoms with Gasteiger partial charge in [-0.1, -0.05) is 20.8 Å². The first-order chi connectivity index (χ1) is 9.86. The van der Waals surface area contributed by atoms with E-state index in [2.05, 4.69) is 36.1 Å². The average molecular weight is 289 g/mol. The molecule has 3 rings (SSSR count). The van der Waals surface area contributed by atoms with Gasteiger partial charge in [0.15, 0.2) is 5.82 Å². The van der Waals surface area contributed by atoms with Crippen molar-refractivity contribution in [2.75, 3.05) is 12.4 Å². The van der Waals surface area contributed by atoms with E-state index >= 15 is 0 Å². The Bertz CT molecular complexity index is 543.